The summed E-state index contributed by atoms with van der Waals surface area (Å²) in [5.74, 6) is 0.122. The van der Waals surface area contributed by atoms with Crippen LogP contribution in [0.2, 0.25) is 0 Å². The number of carbonyl (C=O) groups is 1. The first-order chi connectivity index (χ1) is 8.74. The summed E-state index contributed by atoms with van der Waals surface area (Å²) in [5.41, 5.74) is 0. The molecular formula is C11H17N5O2. The first-order valence-electron chi connectivity index (χ1n) is 6.46. The van der Waals surface area contributed by atoms with Gasteiger partial charge in [0.05, 0.1) is 19.0 Å². The summed E-state index contributed by atoms with van der Waals surface area (Å²) >= 11 is 0. The molecule has 1 aromatic heterocycles. The SMILES string of the molecule is O=C(O)CCN(Cc1nnnn1C1CC1)C1CC1. The van der Waals surface area contributed by atoms with Crippen molar-refractivity contribution in [2.24, 2.45) is 0 Å². The van der Waals surface area contributed by atoms with Crippen molar-refractivity contribution < 1.29 is 9.90 Å². The van der Waals surface area contributed by atoms with Crippen LogP contribution in [-0.4, -0.2) is 48.8 Å². The van der Waals surface area contributed by atoms with Crippen molar-refractivity contribution in [2.45, 2.75) is 50.7 Å². The normalized spacial score (nSPS) is 19.4. The molecule has 7 nitrogen and oxygen atoms in total. The number of carboxylic acid groups (broad SMARTS) is 1. The van der Waals surface area contributed by atoms with E-state index in [1.165, 1.54) is 0 Å². The van der Waals surface area contributed by atoms with Gasteiger partial charge in [0.25, 0.3) is 0 Å². The van der Waals surface area contributed by atoms with Gasteiger partial charge in [0.1, 0.15) is 0 Å². The van der Waals surface area contributed by atoms with E-state index in [1.807, 2.05) is 4.68 Å². The molecule has 0 aliphatic heterocycles. The first-order valence-corrected chi connectivity index (χ1v) is 6.46. The monoisotopic (exact) mass is 251 g/mol. The Morgan fingerprint density at radius 1 is 1.39 bits per heavy atom. The number of tetrazole rings is 1. The minimum atomic E-state index is -0.748. The Kier molecular flexibility index (Phi) is 2.99. The van der Waals surface area contributed by atoms with Crippen molar-refractivity contribution in [3.8, 4) is 0 Å². The van der Waals surface area contributed by atoms with Crippen LogP contribution < -0.4 is 0 Å². The molecule has 0 aromatic carbocycles. The van der Waals surface area contributed by atoms with Crippen LogP contribution in [0, 0.1) is 0 Å². The zero-order valence-corrected chi connectivity index (χ0v) is 10.2. The smallest absolute Gasteiger partial charge is 0.304 e. The number of carboxylic acids is 1. The molecule has 2 saturated carbocycles. The Morgan fingerprint density at radius 3 is 2.78 bits per heavy atom. The molecule has 0 saturated heterocycles. The second-order valence-electron chi connectivity index (χ2n) is 5.12. The number of aromatic nitrogens is 4. The fourth-order valence-electron chi connectivity index (χ4n) is 2.17. The lowest BCUT2D eigenvalue weighted by atomic mass is 10.3. The zero-order valence-electron chi connectivity index (χ0n) is 10.2. The summed E-state index contributed by atoms with van der Waals surface area (Å²) in [6.45, 7) is 1.25. The van der Waals surface area contributed by atoms with Crippen molar-refractivity contribution in [2.75, 3.05) is 6.54 Å². The highest BCUT2D eigenvalue weighted by atomic mass is 16.4. The molecule has 1 aromatic rings. The molecule has 3 rings (SSSR count). The molecule has 0 amide bonds. The fourth-order valence-corrected chi connectivity index (χ4v) is 2.17. The van der Waals surface area contributed by atoms with Crippen molar-refractivity contribution >= 4 is 5.97 Å². The summed E-state index contributed by atoms with van der Waals surface area (Å²) in [5, 5.41) is 20.6. The Morgan fingerprint density at radius 2 is 2.17 bits per heavy atom. The second kappa shape index (κ2) is 4.64. The molecule has 7 heteroatoms. The Labute approximate surface area is 105 Å². The van der Waals surface area contributed by atoms with Gasteiger partial charge in [-0.15, -0.1) is 5.10 Å². The molecule has 2 fully saturated rings. The highest BCUT2D eigenvalue weighted by Crippen LogP contribution is 2.35. The fraction of sp³-hybridized carbons (Fsp3) is 0.818. The maximum absolute atomic E-state index is 10.7. The lowest BCUT2D eigenvalue weighted by Crippen LogP contribution is -2.29. The minimum absolute atomic E-state index is 0.182. The summed E-state index contributed by atoms with van der Waals surface area (Å²) in [4.78, 5) is 12.9. The van der Waals surface area contributed by atoms with Crippen LogP contribution in [-0.2, 0) is 11.3 Å². The highest BCUT2D eigenvalue weighted by Gasteiger charge is 2.32. The second-order valence-corrected chi connectivity index (χ2v) is 5.12. The number of aliphatic carboxylic acids is 1. The average molecular weight is 251 g/mol. The van der Waals surface area contributed by atoms with Crippen molar-refractivity contribution in [1.29, 1.82) is 0 Å². The van der Waals surface area contributed by atoms with Gasteiger partial charge in [-0.3, -0.25) is 9.69 Å². The molecule has 0 atom stereocenters. The number of rotatable bonds is 7. The molecule has 1 N–H and O–H groups in total. The van der Waals surface area contributed by atoms with Gasteiger partial charge in [0.15, 0.2) is 5.82 Å². The topological polar surface area (TPSA) is 84.1 Å². The molecule has 0 bridgehead atoms. The molecule has 2 aliphatic rings. The van der Waals surface area contributed by atoms with E-state index in [-0.39, 0.29) is 6.42 Å². The van der Waals surface area contributed by atoms with Gasteiger partial charge in [0, 0.05) is 12.6 Å². The zero-order chi connectivity index (χ0) is 12.5. The van der Waals surface area contributed by atoms with E-state index in [1.54, 1.807) is 0 Å². The van der Waals surface area contributed by atoms with Crippen LogP contribution in [0.5, 0.6) is 0 Å². The quantitative estimate of drug-likeness (QED) is 0.757. The van der Waals surface area contributed by atoms with Crippen LogP contribution >= 0.6 is 0 Å². The van der Waals surface area contributed by atoms with Gasteiger partial charge >= 0.3 is 5.97 Å². The molecular weight excluding hydrogens is 234 g/mol. The standard InChI is InChI=1S/C11H17N5O2/c17-11(18)5-6-15(8-1-2-8)7-10-12-13-14-16(10)9-3-4-9/h8-9H,1-7H2,(H,17,18). The summed E-state index contributed by atoms with van der Waals surface area (Å²) in [6, 6.07) is 0.990. The lowest BCUT2D eigenvalue weighted by molar-refractivity contribution is -0.137. The van der Waals surface area contributed by atoms with Crippen LogP contribution in [0.15, 0.2) is 0 Å². The number of hydrogen-bond acceptors (Lipinski definition) is 5. The van der Waals surface area contributed by atoms with E-state index < -0.39 is 5.97 Å². The van der Waals surface area contributed by atoms with Crippen LogP contribution in [0.3, 0.4) is 0 Å². The third kappa shape index (κ3) is 2.66. The molecule has 1 heterocycles. The molecule has 0 unspecified atom stereocenters. The highest BCUT2D eigenvalue weighted by molar-refractivity contribution is 5.66. The Balaban J connectivity index is 1.63. The summed E-state index contributed by atoms with van der Waals surface area (Å²) in [7, 11) is 0. The number of nitrogens with zero attached hydrogens (tertiary/aromatic N) is 5. The predicted octanol–water partition coefficient (Wildman–Crippen LogP) is 0.447. The van der Waals surface area contributed by atoms with E-state index in [0.29, 0.717) is 25.2 Å². The van der Waals surface area contributed by atoms with Crippen LogP contribution in [0.25, 0.3) is 0 Å². The van der Waals surface area contributed by atoms with E-state index in [4.69, 9.17) is 5.11 Å². The molecule has 0 radical (unpaired) electrons. The number of hydrogen-bond donors (Lipinski definition) is 1. The Bertz CT molecular complexity index is 438. The van der Waals surface area contributed by atoms with Gasteiger partial charge in [-0.25, -0.2) is 4.68 Å². The van der Waals surface area contributed by atoms with Crippen molar-refractivity contribution in [3.63, 3.8) is 0 Å². The third-order valence-electron chi connectivity index (χ3n) is 3.47. The van der Waals surface area contributed by atoms with Gasteiger partial charge < -0.3 is 5.11 Å². The average Bonchev–Trinajstić information content (AvgIpc) is 3.23. The van der Waals surface area contributed by atoms with Crippen LogP contribution in [0.1, 0.15) is 44.0 Å². The molecule has 2 aliphatic carbocycles. The maximum atomic E-state index is 10.7. The first kappa shape index (κ1) is 11.6. The largest absolute Gasteiger partial charge is 0.481 e. The van der Waals surface area contributed by atoms with E-state index in [0.717, 1.165) is 31.5 Å². The van der Waals surface area contributed by atoms with Gasteiger partial charge in [-0.05, 0) is 36.1 Å². The van der Waals surface area contributed by atoms with Crippen LogP contribution in [0.4, 0.5) is 0 Å². The predicted molar refractivity (Wildman–Crippen MR) is 61.8 cm³/mol. The van der Waals surface area contributed by atoms with Gasteiger partial charge in [0.2, 0.25) is 0 Å². The minimum Gasteiger partial charge on any atom is -0.481 e. The third-order valence-corrected chi connectivity index (χ3v) is 3.47. The van der Waals surface area contributed by atoms with Gasteiger partial charge in [-0.1, -0.05) is 0 Å². The van der Waals surface area contributed by atoms with E-state index in [9.17, 15) is 4.79 Å². The van der Waals surface area contributed by atoms with Crippen molar-refractivity contribution in [1.82, 2.24) is 25.1 Å². The van der Waals surface area contributed by atoms with E-state index >= 15 is 0 Å². The van der Waals surface area contributed by atoms with Gasteiger partial charge in [-0.2, -0.15) is 0 Å². The summed E-state index contributed by atoms with van der Waals surface area (Å²) < 4.78 is 1.90. The Hall–Kier alpha value is -1.50. The molecule has 18 heavy (non-hydrogen) atoms. The van der Waals surface area contributed by atoms with E-state index in [2.05, 4.69) is 20.4 Å². The van der Waals surface area contributed by atoms with Crippen molar-refractivity contribution in [3.05, 3.63) is 5.82 Å². The molecule has 0 spiro atoms. The molecule has 98 valence electrons. The lowest BCUT2D eigenvalue weighted by Gasteiger charge is -2.20. The maximum Gasteiger partial charge on any atom is 0.304 e. The summed E-state index contributed by atoms with van der Waals surface area (Å²) in [6.07, 6.45) is 4.80.